The number of halogens is 4. The van der Waals surface area contributed by atoms with Crippen LogP contribution in [-0.2, 0) is 5.41 Å². The lowest BCUT2D eigenvalue weighted by Gasteiger charge is -2.38. The molecule has 0 amide bonds. The van der Waals surface area contributed by atoms with Crippen molar-refractivity contribution in [3.8, 4) is 0 Å². The normalized spacial score (nSPS) is 11.9. The fourth-order valence-corrected chi connectivity index (χ4v) is 4.35. The van der Waals surface area contributed by atoms with E-state index in [1.54, 1.807) is 91.0 Å². The molecule has 0 radical (unpaired) electrons. The smallest absolute Gasteiger partial charge is 0.398 e. The molecule has 0 bridgehead atoms. The van der Waals surface area contributed by atoms with E-state index >= 15 is 0 Å². The fraction of sp³-hybridized carbons (Fsp3) is 0.0741. The summed E-state index contributed by atoms with van der Waals surface area (Å²) in [6.45, 7) is 0. The minimum atomic E-state index is -5.20. The van der Waals surface area contributed by atoms with Gasteiger partial charge >= 0.3 is 6.18 Å². The van der Waals surface area contributed by atoms with Gasteiger partial charge in [0.15, 0.2) is 0 Å². The summed E-state index contributed by atoms with van der Waals surface area (Å²) in [5, 5.41) is 0. The number of carbonyl (C=O) groups is 1. The van der Waals surface area contributed by atoms with Gasteiger partial charge in [-0.1, -0.05) is 91.0 Å². The van der Waals surface area contributed by atoms with Gasteiger partial charge in [-0.05, 0) is 34.4 Å². The van der Waals surface area contributed by atoms with Gasteiger partial charge in [0.05, 0.1) is 11.0 Å². The number of Topliss-reactive ketones (excluding diaryl/α,β-unsaturated/α-hetero) is 1. The number of anilines is 1. The van der Waals surface area contributed by atoms with E-state index in [2.05, 4.69) is 0 Å². The zero-order chi connectivity index (χ0) is 23.6. The second kappa shape index (κ2) is 8.54. The van der Waals surface area contributed by atoms with E-state index in [1.165, 1.54) is 0 Å². The minimum absolute atomic E-state index is 0.175. The van der Waals surface area contributed by atoms with Crippen LogP contribution in [0.5, 0.6) is 0 Å². The maximum absolute atomic E-state index is 14.8. The van der Waals surface area contributed by atoms with Gasteiger partial charge in [-0.3, -0.25) is 4.79 Å². The number of nitrogen functional groups attached to an aromatic ring is 1. The molecule has 4 rings (SSSR count). The molecule has 0 saturated heterocycles. The molecule has 0 aromatic heterocycles. The Bertz CT molecular complexity index is 1170. The molecule has 0 unspecified atom stereocenters. The molecule has 0 atom stereocenters. The van der Waals surface area contributed by atoms with Crippen molar-refractivity contribution >= 4 is 11.5 Å². The van der Waals surface area contributed by atoms with Crippen molar-refractivity contribution in [1.29, 1.82) is 0 Å². The first-order valence-corrected chi connectivity index (χ1v) is 10.1. The summed E-state index contributed by atoms with van der Waals surface area (Å²) in [5.41, 5.74) is 4.61. The van der Waals surface area contributed by atoms with Gasteiger partial charge in [0, 0.05) is 5.69 Å². The predicted molar refractivity (Wildman–Crippen MR) is 120 cm³/mol. The standard InChI is InChI=1S/C27H19F4NO/c28-21-16-22(24(23(32)17-21)25(33)27(29,30)31)26(18-10-4-1-5-11-18,19-12-6-2-7-13-19)20-14-8-3-9-15-20/h1-17H,32H2. The first-order chi connectivity index (χ1) is 15.8. The molecule has 0 heterocycles. The van der Waals surface area contributed by atoms with Crippen molar-refractivity contribution in [1.82, 2.24) is 0 Å². The van der Waals surface area contributed by atoms with Gasteiger partial charge in [-0.15, -0.1) is 0 Å². The summed E-state index contributed by atoms with van der Waals surface area (Å²) < 4.78 is 55.8. The molecule has 4 aromatic rings. The predicted octanol–water partition coefficient (Wildman–Crippen LogP) is 6.54. The third-order valence-corrected chi connectivity index (χ3v) is 5.64. The summed E-state index contributed by atoms with van der Waals surface area (Å²) in [5.74, 6) is -2.96. The average Bonchev–Trinajstić information content (AvgIpc) is 2.81. The highest BCUT2D eigenvalue weighted by molar-refractivity contribution is 6.06. The zero-order valence-corrected chi connectivity index (χ0v) is 17.3. The van der Waals surface area contributed by atoms with Crippen LogP contribution in [0.2, 0.25) is 0 Å². The Kier molecular flexibility index (Phi) is 5.77. The Balaban J connectivity index is 2.25. The number of hydrogen-bond donors (Lipinski definition) is 1. The maximum atomic E-state index is 14.8. The summed E-state index contributed by atoms with van der Waals surface area (Å²) in [6, 6.07) is 27.9. The Morgan fingerprint density at radius 2 is 1.06 bits per heavy atom. The molecule has 2 N–H and O–H groups in total. The lowest BCUT2D eigenvalue weighted by Crippen LogP contribution is -2.35. The number of rotatable bonds is 5. The second-order valence-corrected chi connectivity index (χ2v) is 7.59. The summed E-state index contributed by atoms with van der Waals surface area (Å²) in [6.07, 6.45) is -5.20. The van der Waals surface area contributed by atoms with E-state index in [0.717, 1.165) is 12.1 Å². The fourth-order valence-electron chi connectivity index (χ4n) is 4.35. The van der Waals surface area contributed by atoms with E-state index in [0.29, 0.717) is 16.7 Å². The third kappa shape index (κ3) is 3.89. The highest BCUT2D eigenvalue weighted by Crippen LogP contribution is 2.48. The van der Waals surface area contributed by atoms with Gasteiger partial charge in [0.2, 0.25) is 0 Å². The molecular weight excluding hydrogens is 430 g/mol. The van der Waals surface area contributed by atoms with Crippen LogP contribution < -0.4 is 5.73 Å². The van der Waals surface area contributed by atoms with Crippen LogP contribution in [0.1, 0.15) is 32.6 Å². The average molecular weight is 449 g/mol. The summed E-state index contributed by atoms with van der Waals surface area (Å²) in [7, 11) is 0. The van der Waals surface area contributed by atoms with Crippen molar-refractivity contribution < 1.29 is 22.4 Å². The van der Waals surface area contributed by atoms with Gasteiger partial charge < -0.3 is 5.73 Å². The summed E-state index contributed by atoms with van der Waals surface area (Å²) in [4.78, 5) is 12.6. The van der Waals surface area contributed by atoms with Crippen LogP contribution in [0, 0.1) is 5.82 Å². The second-order valence-electron chi connectivity index (χ2n) is 7.59. The van der Waals surface area contributed by atoms with Crippen molar-refractivity contribution in [3.63, 3.8) is 0 Å². The maximum Gasteiger partial charge on any atom is 0.454 e. The molecule has 0 fully saturated rings. The Morgan fingerprint density at radius 1 is 0.667 bits per heavy atom. The largest absolute Gasteiger partial charge is 0.454 e. The monoisotopic (exact) mass is 449 g/mol. The van der Waals surface area contributed by atoms with Crippen LogP contribution in [0.15, 0.2) is 103 Å². The molecule has 4 aromatic carbocycles. The van der Waals surface area contributed by atoms with Crippen LogP contribution in [0.3, 0.4) is 0 Å². The van der Waals surface area contributed by atoms with Gasteiger partial charge in [-0.2, -0.15) is 13.2 Å². The number of alkyl halides is 3. The van der Waals surface area contributed by atoms with Crippen LogP contribution in [0.4, 0.5) is 23.2 Å². The number of ketones is 1. The Labute approximate surface area is 188 Å². The first kappa shape index (κ1) is 22.3. The minimum Gasteiger partial charge on any atom is -0.398 e. The number of nitrogens with two attached hydrogens (primary N) is 1. The highest BCUT2D eigenvalue weighted by Gasteiger charge is 2.47. The quantitative estimate of drug-likeness (QED) is 0.163. The topological polar surface area (TPSA) is 43.1 Å². The Hall–Kier alpha value is -3.93. The number of carbonyl (C=O) groups excluding carboxylic acids is 1. The molecule has 2 nitrogen and oxygen atoms in total. The van der Waals surface area contributed by atoms with E-state index < -0.39 is 34.4 Å². The van der Waals surface area contributed by atoms with Crippen molar-refractivity contribution in [3.05, 3.63) is 137 Å². The van der Waals surface area contributed by atoms with Gasteiger partial charge in [0.1, 0.15) is 5.82 Å². The SMILES string of the molecule is Nc1cc(F)cc(C(c2ccccc2)(c2ccccc2)c2ccccc2)c1C(=O)C(F)(F)F. The summed E-state index contributed by atoms with van der Waals surface area (Å²) >= 11 is 0. The van der Waals surface area contributed by atoms with Crippen molar-refractivity contribution in [2.45, 2.75) is 11.6 Å². The molecule has 0 aliphatic carbocycles. The van der Waals surface area contributed by atoms with E-state index in [1.807, 2.05) is 0 Å². The molecule has 166 valence electrons. The van der Waals surface area contributed by atoms with Crippen LogP contribution in [-0.4, -0.2) is 12.0 Å². The lowest BCUT2D eigenvalue weighted by atomic mass is 9.63. The van der Waals surface area contributed by atoms with E-state index in [-0.39, 0.29) is 5.56 Å². The van der Waals surface area contributed by atoms with Gasteiger partial charge in [-0.25, -0.2) is 4.39 Å². The third-order valence-electron chi connectivity index (χ3n) is 5.64. The molecule has 0 aliphatic rings. The van der Waals surface area contributed by atoms with E-state index in [9.17, 15) is 22.4 Å². The molecule has 33 heavy (non-hydrogen) atoms. The van der Waals surface area contributed by atoms with E-state index in [4.69, 9.17) is 5.73 Å². The molecule has 6 heteroatoms. The zero-order valence-electron chi connectivity index (χ0n) is 17.3. The molecule has 0 aliphatic heterocycles. The van der Waals surface area contributed by atoms with Gasteiger partial charge in [0.25, 0.3) is 5.78 Å². The highest BCUT2D eigenvalue weighted by atomic mass is 19.4. The lowest BCUT2D eigenvalue weighted by molar-refractivity contribution is -0.0885. The molecular formula is C27H19F4NO. The van der Waals surface area contributed by atoms with Crippen LogP contribution in [0.25, 0.3) is 0 Å². The number of benzene rings is 4. The molecule has 0 spiro atoms. The van der Waals surface area contributed by atoms with Crippen molar-refractivity contribution in [2.75, 3.05) is 5.73 Å². The van der Waals surface area contributed by atoms with Crippen LogP contribution >= 0.6 is 0 Å². The molecule has 0 saturated carbocycles. The first-order valence-electron chi connectivity index (χ1n) is 10.1. The Morgan fingerprint density at radius 3 is 1.42 bits per heavy atom. The number of hydrogen-bond acceptors (Lipinski definition) is 2. The van der Waals surface area contributed by atoms with Crippen molar-refractivity contribution in [2.24, 2.45) is 0 Å².